The summed E-state index contributed by atoms with van der Waals surface area (Å²) in [5, 5.41) is 14.2. The molecule has 0 spiro atoms. The monoisotopic (exact) mass is 353 g/mol. The third-order valence-corrected chi connectivity index (χ3v) is 4.58. The summed E-state index contributed by atoms with van der Waals surface area (Å²) in [6.07, 6.45) is 1.83. The quantitative estimate of drug-likeness (QED) is 0.506. The second-order valence-corrected chi connectivity index (χ2v) is 6.24. The van der Waals surface area contributed by atoms with Gasteiger partial charge in [0, 0.05) is 36.3 Å². The molecule has 0 radical (unpaired) electrons. The summed E-state index contributed by atoms with van der Waals surface area (Å²) in [4.78, 5) is 36.0. The molecule has 1 aliphatic heterocycles. The number of nitrogens with one attached hydrogen (secondary N) is 1. The number of aldehydes is 1. The minimum absolute atomic E-state index is 0.0262. The minimum atomic E-state index is -0.476. The van der Waals surface area contributed by atoms with Crippen molar-refractivity contribution in [2.24, 2.45) is 5.92 Å². The van der Waals surface area contributed by atoms with Crippen LogP contribution in [0.1, 0.15) is 23.2 Å². The average molecular weight is 353 g/mol. The van der Waals surface area contributed by atoms with E-state index in [2.05, 4.69) is 5.32 Å². The zero-order chi connectivity index (χ0) is 18.5. The van der Waals surface area contributed by atoms with Gasteiger partial charge in [0.1, 0.15) is 12.0 Å². The maximum atomic E-state index is 12.4. The Morgan fingerprint density at radius 3 is 2.46 bits per heavy atom. The summed E-state index contributed by atoms with van der Waals surface area (Å²) in [5.41, 5.74) is 1.45. The van der Waals surface area contributed by atoms with Crippen LogP contribution in [0.25, 0.3) is 0 Å². The molecule has 1 saturated heterocycles. The molecule has 1 N–H and O–H groups in total. The molecule has 0 bridgehead atoms. The van der Waals surface area contributed by atoms with Crippen molar-refractivity contribution in [3.8, 4) is 0 Å². The highest BCUT2D eigenvalue weighted by molar-refractivity contribution is 5.92. The van der Waals surface area contributed by atoms with Gasteiger partial charge in [-0.1, -0.05) is 18.2 Å². The Labute approximate surface area is 150 Å². The Bertz CT molecular complexity index is 815. The Morgan fingerprint density at radius 1 is 1.15 bits per heavy atom. The van der Waals surface area contributed by atoms with Crippen LogP contribution in [-0.4, -0.2) is 30.2 Å². The highest BCUT2D eigenvalue weighted by atomic mass is 16.6. The van der Waals surface area contributed by atoms with Crippen LogP contribution in [0.3, 0.4) is 0 Å². The zero-order valence-electron chi connectivity index (χ0n) is 14.1. The van der Waals surface area contributed by atoms with Gasteiger partial charge in [0.05, 0.1) is 4.92 Å². The summed E-state index contributed by atoms with van der Waals surface area (Å²) in [5.74, 6) is -0.151. The van der Waals surface area contributed by atoms with Gasteiger partial charge >= 0.3 is 0 Å². The Hall–Kier alpha value is -3.22. The second kappa shape index (κ2) is 7.77. The van der Waals surface area contributed by atoms with E-state index in [1.54, 1.807) is 12.1 Å². The third kappa shape index (κ3) is 3.88. The van der Waals surface area contributed by atoms with Gasteiger partial charge < -0.3 is 10.2 Å². The van der Waals surface area contributed by atoms with E-state index < -0.39 is 4.92 Å². The van der Waals surface area contributed by atoms with Crippen LogP contribution in [0.15, 0.2) is 48.5 Å². The summed E-state index contributed by atoms with van der Waals surface area (Å²) < 4.78 is 0. The number of amides is 1. The van der Waals surface area contributed by atoms with Crippen molar-refractivity contribution in [1.82, 2.24) is 0 Å². The molecule has 0 unspecified atom stereocenters. The average Bonchev–Trinajstić information content (AvgIpc) is 2.68. The number of nitro groups is 1. The molecule has 134 valence electrons. The van der Waals surface area contributed by atoms with E-state index in [9.17, 15) is 19.7 Å². The zero-order valence-corrected chi connectivity index (χ0v) is 14.1. The van der Waals surface area contributed by atoms with Gasteiger partial charge in [-0.05, 0) is 37.1 Å². The van der Waals surface area contributed by atoms with Gasteiger partial charge in [-0.15, -0.1) is 0 Å². The van der Waals surface area contributed by atoms with E-state index in [1.807, 2.05) is 35.2 Å². The van der Waals surface area contributed by atoms with Crippen molar-refractivity contribution in [3.05, 3.63) is 64.2 Å². The number of hydrogen-bond donors (Lipinski definition) is 1. The predicted octanol–water partition coefficient (Wildman–Crippen LogP) is 3.26. The fourth-order valence-corrected chi connectivity index (χ4v) is 3.18. The molecule has 1 heterocycles. The van der Waals surface area contributed by atoms with E-state index >= 15 is 0 Å². The van der Waals surface area contributed by atoms with E-state index in [0.29, 0.717) is 37.9 Å². The van der Waals surface area contributed by atoms with Crippen LogP contribution in [0, 0.1) is 16.0 Å². The highest BCUT2D eigenvalue weighted by Gasteiger charge is 2.28. The SMILES string of the molecule is O=Cc1ccc(N2CCC(C(=O)Nc3ccccc3)CC2)c([N+](=O)[O-])c1. The molecule has 1 amide bonds. The summed E-state index contributed by atoms with van der Waals surface area (Å²) in [7, 11) is 0. The number of rotatable bonds is 5. The lowest BCUT2D eigenvalue weighted by Gasteiger charge is -2.32. The third-order valence-electron chi connectivity index (χ3n) is 4.58. The summed E-state index contributed by atoms with van der Waals surface area (Å²) in [6.45, 7) is 1.10. The number of nitrogens with zero attached hydrogens (tertiary/aromatic N) is 2. The van der Waals surface area contributed by atoms with Gasteiger partial charge in [-0.3, -0.25) is 19.7 Å². The first kappa shape index (κ1) is 17.6. The normalized spacial score (nSPS) is 14.7. The molecular formula is C19H19N3O4. The van der Waals surface area contributed by atoms with Crippen molar-refractivity contribution in [1.29, 1.82) is 0 Å². The molecule has 0 atom stereocenters. The molecule has 26 heavy (non-hydrogen) atoms. The minimum Gasteiger partial charge on any atom is -0.366 e. The van der Waals surface area contributed by atoms with Crippen LogP contribution in [0.2, 0.25) is 0 Å². The van der Waals surface area contributed by atoms with Crippen LogP contribution in [-0.2, 0) is 4.79 Å². The van der Waals surface area contributed by atoms with Crippen molar-refractivity contribution in [2.45, 2.75) is 12.8 Å². The van der Waals surface area contributed by atoms with Gasteiger partial charge in [0.2, 0.25) is 5.91 Å². The number of carbonyl (C=O) groups excluding carboxylic acids is 2. The van der Waals surface area contributed by atoms with E-state index in [-0.39, 0.29) is 23.1 Å². The molecule has 2 aromatic carbocycles. The standard InChI is InChI=1S/C19H19N3O4/c23-13-14-6-7-17(18(12-14)22(25)26)21-10-8-15(9-11-21)19(24)20-16-4-2-1-3-5-16/h1-7,12-13,15H,8-11H2,(H,20,24). The molecule has 7 nitrogen and oxygen atoms in total. The lowest BCUT2D eigenvalue weighted by atomic mass is 9.95. The molecule has 7 heteroatoms. The number of piperidine rings is 1. The van der Waals surface area contributed by atoms with Gasteiger partial charge in [-0.25, -0.2) is 0 Å². The Kier molecular flexibility index (Phi) is 5.26. The number of hydrogen-bond acceptors (Lipinski definition) is 5. The number of nitro benzene ring substituents is 1. The largest absolute Gasteiger partial charge is 0.366 e. The molecule has 0 saturated carbocycles. The van der Waals surface area contributed by atoms with Crippen molar-refractivity contribution in [2.75, 3.05) is 23.3 Å². The first-order valence-corrected chi connectivity index (χ1v) is 8.43. The second-order valence-electron chi connectivity index (χ2n) is 6.24. The fourth-order valence-electron chi connectivity index (χ4n) is 3.18. The molecule has 1 fully saturated rings. The first-order valence-electron chi connectivity index (χ1n) is 8.43. The van der Waals surface area contributed by atoms with Crippen LogP contribution >= 0.6 is 0 Å². The van der Waals surface area contributed by atoms with Gasteiger partial charge in [0.15, 0.2) is 0 Å². The molecule has 2 aromatic rings. The van der Waals surface area contributed by atoms with E-state index in [0.717, 1.165) is 5.69 Å². The number of anilines is 2. The Balaban J connectivity index is 1.66. The van der Waals surface area contributed by atoms with Gasteiger partial charge in [0.25, 0.3) is 5.69 Å². The number of para-hydroxylation sites is 1. The summed E-state index contributed by atoms with van der Waals surface area (Å²) in [6, 6.07) is 13.7. The van der Waals surface area contributed by atoms with Crippen molar-refractivity contribution >= 4 is 29.3 Å². The fraction of sp³-hybridized carbons (Fsp3) is 0.263. The molecule has 1 aliphatic rings. The molecule has 0 aromatic heterocycles. The number of benzene rings is 2. The lowest BCUT2D eigenvalue weighted by molar-refractivity contribution is -0.384. The van der Waals surface area contributed by atoms with Gasteiger partial charge in [-0.2, -0.15) is 0 Å². The molecular weight excluding hydrogens is 334 g/mol. The van der Waals surface area contributed by atoms with E-state index in [4.69, 9.17) is 0 Å². The molecule has 0 aliphatic carbocycles. The summed E-state index contributed by atoms with van der Waals surface area (Å²) >= 11 is 0. The topological polar surface area (TPSA) is 92.6 Å². The van der Waals surface area contributed by atoms with Crippen molar-refractivity contribution in [3.63, 3.8) is 0 Å². The van der Waals surface area contributed by atoms with Crippen LogP contribution in [0.5, 0.6) is 0 Å². The maximum absolute atomic E-state index is 12.4. The maximum Gasteiger partial charge on any atom is 0.293 e. The van der Waals surface area contributed by atoms with Crippen molar-refractivity contribution < 1.29 is 14.5 Å². The predicted molar refractivity (Wildman–Crippen MR) is 98.5 cm³/mol. The number of carbonyl (C=O) groups is 2. The first-order chi connectivity index (χ1) is 12.6. The highest BCUT2D eigenvalue weighted by Crippen LogP contribution is 2.32. The Morgan fingerprint density at radius 2 is 1.85 bits per heavy atom. The lowest BCUT2D eigenvalue weighted by Crippen LogP contribution is -2.38. The van der Waals surface area contributed by atoms with Crippen LogP contribution < -0.4 is 10.2 Å². The molecule has 3 rings (SSSR count). The smallest absolute Gasteiger partial charge is 0.293 e. The van der Waals surface area contributed by atoms with E-state index in [1.165, 1.54) is 6.07 Å². The van der Waals surface area contributed by atoms with Crippen LogP contribution in [0.4, 0.5) is 17.1 Å².